The van der Waals surface area contributed by atoms with Gasteiger partial charge in [-0.1, -0.05) is 35.0 Å². The van der Waals surface area contributed by atoms with E-state index >= 15 is 0 Å². The minimum Gasteiger partial charge on any atom is -0.305 e. The zero-order chi connectivity index (χ0) is 12.1. The number of rotatable bonds is 1. The predicted octanol–water partition coefficient (Wildman–Crippen LogP) is 3.48. The topological polar surface area (TPSA) is 41.5 Å². The molecule has 3 nitrogen and oxygen atoms in total. The van der Waals surface area contributed by atoms with Crippen molar-refractivity contribution < 1.29 is 4.79 Å². The second-order valence-corrected chi connectivity index (χ2v) is 4.54. The van der Waals surface area contributed by atoms with Gasteiger partial charge in [-0.05, 0) is 24.5 Å². The van der Waals surface area contributed by atoms with Crippen molar-refractivity contribution in [3.05, 3.63) is 28.2 Å². The van der Waals surface area contributed by atoms with Gasteiger partial charge in [0.15, 0.2) is 5.17 Å². The molecule has 0 spiro atoms. The summed E-state index contributed by atoms with van der Waals surface area (Å²) in [5.41, 5.74) is 0.535. The Morgan fingerprint density at radius 1 is 1.44 bits per heavy atom. The number of benzene rings is 1. The molecular weight excluding hydrogens is 267 g/mol. The molecule has 0 aliphatic rings. The van der Waals surface area contributed by atoms with Gasteiger partial charge in [-0.3, -0.25) is 4.79 Å². The highest BCUT2D eigenvalue weighted by molar-refractivity contribution is 8.13. The van der Waals surface area contributed by atoms with Crippen LogP contribution in [0.3, 0.4) is 0 Å². The van der Waals surface area contributed by atoms with E-state index in [1.54, 1.807) is 18.2 Å². The van der Waals surface area contributed by atoms with E-state index in [9.17, 15) is 4.79 Å². The lowest BCUT2D eigenvalue weighted by Crippen LogP contribution is -2.25. The first-order valence-electron chi connectivity index (χ1n) is 4.38. The lowest BCUT2D eigenvalue weighted by molar-refractivity contribution is -0.117. The van der Waals surface area contributed by atoms with E-state index in [1.165, 1.54) is 18.7 Å². The molecule has 86 valence electrons. The van der Waals surface area contributed by atoms with Crippen LogP contribution in [0.4, 0.5) is 5.69 Å². The monoisotopic (exact) mass is 276 g/mol. The van der Waals surface area contributed by atoms with Crippen LogP contribution in [0.25, 0.3) is 0 Å². The molecule has 1 rings (SSSR count). The summed E-state index contributed by atoms with van der Waals surface area (Å²) in [6.45, 7) is 1.42. The number of amidine groups is 1. The first-order chi connectivity index (χ1) is 7.52. The fourth-order valence-corrected chi connectivity index (χ4v) is 1.72. The molecule has 0 atom stereocenters. The Labute approximate surface area is 108 Å². The van der Waals surface area contributed by atoms with Crippen molar-refractivity contribution in [1.82, 2.24) is 5.32 Å². The van der Waals surface area contributed by atoms with Gasteiger partial charge in [-0.25, -0.2) is 4.99 Å². The molecule has 0 saturated heterocycles. The summed E-state index contributed by atoms with van der Waals surface area (Å²) in [4.78, 5) is 15.1. The molecule has 0 bridgehead atoms. The van der Waals surface area contributed by atoms with Crippen LogP contribution in [0.1, 0.15) is 6.92 Å². The van der Waals surface area contributed by atoms with Crippen molar-refractivity contribution in [3.8, 4) is 0 Å². The van der Waals surface area contributed by atoms with Crippen LogP contribution in [0, 0.1) is 0 Å². The van der Waals surface area contributed by atoms with E-state index < -0.39 is 0 Å². The second kappa shape index (κ2) is 6.13. The fourth-order valence-electron chi connectivity index (χ4n) is 0.956. The maximum atomic E-state index is 10.9. The summed E-state index contributed by atoms with van der Waals surface area (Å²) in [5, 5.41) is 4.11. The SMILES string of the molecule is CSC(=Nc1cc(Cl)ccc1Cl)NC(C)=O. The van der Waals surface area contributed by atoms with Crippen molar-refractivity contribution in [2.75, 3.05) is 6.26 Å². The van der Waals surface area contributed by atoms with Crippen LogP contribution in [-0.4, -0.2) is 17.3 Å². The number of halogens is 2. The average molecular weight is 277 g/mol. The van der Waals surface area contributed by atoms with Gasteiger partial charge < -0.3 is 5.32 Å². The first kappa shape index (κ1) is 13.4. The molecular formula is C10H10Cl2N2OS. The van der Waals surface area contributed by atoms with Crippen LogP contribution in [0.15, 0.2) is 23.2 Å². The van der Waals surface area contributed by atoms with Crippen LogP contribution >= 0.6 is 35.0 Å². The Bertz CT molecular complexity index is 435. The van der Waals surface area contributed by atoms with Crippen LogP contribution < -0.4 is 5.32 Å². The average Bonchev–Trinajstić information content (AvgIpc) is 2.21. The number of aliphatic imine (C=N–C) groups is 1. The Kier molecular flexibility index (Phi) is 5.12. The number of thioether (sulfide) groups is 1. The highest BCUT2D eigenvalue weighted by Gasteiger charge is 2.04. The summed E-state index contributed by atoms with van der Waals surface area (Å²) in [6, 6.07) is 4.98. The molecule has 0 aliphatic heterocycles. The van der Waals surface area contributed by atoms with E-state index in [-0.39, 0.29) is 5.91 Å². The van der Waals surface area contributed by atoms with Crippen molar-refractivity contribution in [3.63, 3.8) is 0 Å². The standard InChI is InChI=1S/C10H10Cl2N2OS/c1-6(15)13-10(16-2)14-9-5-7(11)3-4-8(9)12/h3-5H,1-2H3,(H,13,14,15). The maximum Gasteiger partial charge on any atom is 0.222 e. The number of nitrogens with zero attached hydrogens (tertiary/aromatic N) is 1. The summed E-state index contributed by atoms with van der Waals surface area (Å²) in [5.74, 6) is -0.175. The summed E-state index contributed by atoms with van der Waals surface area (Å²) >= 11 is 13.1. The zero-order valence-electron chi connectivity index (χ0n) is 8.75. The molecule has 0 aliphatic carbocycles. The minimum atomic E-state index is -0.175. The molecule has 0 unspecified atom stereocenters. The minimum absolute atomic E-state index is 0.175. The molecule has 0 saturated carbocycles. The van der Waals surface area contributed by atoms with Crippen molar-refractivity contribution in [2.24, 2.45) is 4.99 Å². The van der Waals surface area contributed by atoms with Gasteiger partial charge in [0.1, 0.15) is 0 Å². The van der Waals surface area contributed by atoms with E-state index in [1.807, 2.05) is 6.26 Å². The largest absolute Gasteiger partial charge is 0.305 e. The Morgan fingerprint density at radius 2 is 2.12 bits per heavy atom. The fraction of sp³-hybridized carbons (Fsp3) is 0.200. The molecule has 16 heavy (non-hydrogen) atoms. The molecule has 6 heteroatoms. The van der Waals surface area contributed by atoms with Gasteiger partial charge in [0.2, 0.25) is 5.91 Å². The van der Waals surface area contributed by atoms with Crippen molar-refractivity contribution >= 4 is 51.7 Å². The van der Waals surface area contributed by atoms with E-state index in [4.69, 9.17) is 23.2 Å². The van der Waals surface area contributed by atoms with Crippen LogP contribution in [-0.2, 0) is 4.79 Å². The van der Waals surface area contributed by atoms with Gasteiger partial charge in [-0.15, -0.1) is 0 Å². The number of hydrogen-bond acceptors (Lipinski definition) is 3. The van der Waals surface area contributed by atoms with Crippen molar-refractivity contribution in [2.45, 2.75) is 6.92 Å². The smallest absolute Gasteiger partial charge is 0.222 e. The molecule has 1 N–H and O–H groups in total. The lowest BCUT2D eigenvalue weighted by Gasteiger charge is -2.04. The molecule has 0 heterocycles. The summed E-state index contributed by atoms with van der Waals surface area (Å²) < 4.78 is 0. The molecule has 0 radical (unpaired) electrons. The molecule has 0 aromatic heterocycles. The third-order valence-electron chi connectivity index (χ3n) is 1.61. The highest BCUT2D eigenvalue weighted by Crippen LogP contribution is 2.28. The summed E-state index contributed by atoms with van der Waals surface area (Å²) in [7, 11) is 0. The Hall–Kier alpha value is -0.710. The predicted molar refractivity (Wildman–Crippen MR) is 70.9 cm³/mol. The van der Waals surface area contributed by atoms with Gasteiger partial charge in [0, 0.05) is 11.9 Å². The first-order valence-corrected chi connectivity index (χ1v) is 6.36. The molecule has 1 aromatic rings. The van der Waals surface area contributed by atoms with Gasteiger partial charge >= 0.3 is 0 Å². The van der Waals surface area contributed by atoms with Crippen molar-refractivity contribution in [1.29, 1.82) is 0 Å². The third kappa shape index (κ3) is 4.04. The number of hydrogen-bond donors (Lipinski definition) is 1. The van der Waals surface area contributed by atoms with Gasteiger partial charge in [0.05, 0.1) is 10.7 Å². The zero-order valence-corrected chi connectivity index (χ0v) is 11.1. The second-order valence-electron chi connectivity index (χ2n) is 2.90. The Morgan fingerprint density at radius 3 is 2.69 bits per heavy atom. The Balaban J connectivity index is 3.02. The highest BCUT2D eigenvalue weighted by atomic mass is 35.5. The lowest BCUT2D eigenvalue weighted by atomic mass is 10.3. The molecule has 1 amide bonds. The van der Waals surface area contributed by atoms with E-state index in [0.29, 0.717) is 20.9 Å². The number of amides is 1. The van der Waals surface area contributed by atoms with Gasteiger partial charge in [-0.2, -0.15) is 0 Å². The van der Waals surface area contributed by atoms with Crippen LogP contribution in [0.5, 0.6) is 0 Å². The van der Waals surface area contributed by atoms with E-state index in [2.05, 4.69) is 10.3 Å². The number of carbonyl (C=O) groups excluding carboxylic acids is 1. The molecule has 0 fully saturated rings. The summed E-state index contributed by atoms with van der Waals surface area (Å²) in [6.07, 6.45) is 1.81. The number of nitrogens with one attached hydrogen (secondary N) is 1. The van der Waals surface area contributed by atoms with Crippen LogP contribution in [0.2, 0.25) is 10.0 Å². The van der Waals surface area contributed by atoms with Gasteiger partial charge in [0.25, 0.3) is 0 Å². The quantitative estimate of drug-likeness (QED) is 0.630. The third-order valence-corrected chi connectivity index (χ3v) is 2.74. The normalized spacial score (nSPS) is 11.4. The molecule has 1 aromatic carbocycles. The maximum absolute atomic E-state index is 10.9. The van der Waals surface area contributed by atoms with E-state index in [0.717, 1.165) is 0 Å². The number of carbonyl (C=O) groups is 1.